The van der Waals surface area contributed by atoms with Gasteiger partial charge in [-0.1, -0.05) is 6.07 Å². The molecule has 4 heteroatoms. The second-order valence-corrected chi connectivity index (χ2v) is 5.28. The summed E-state index contributed by atoms with van der Waals surface area (Å²) in [7, 11) is 0. The summed E-state index contributed by atoms with van der Waals surface area (Å²) in [4.78, 5) is 0. The van der Waals surface area contributed by atoms with Gasteiger partial charge < -0.3 is 5.73 Å². The van der Waals surface area contributed by atoms with Crippen LogP contribution >= 0.6 is 0 Å². The monoisotopic (exact) mass is 257 g/mol. The summed E-state index contributed by atoms with van der Waals surface area (Å²) < 4.78 is 39.4. The maximum Gasteiger partial charge on any atom is 0.248 e. The molecule has 0 radical (unpaired) electrons. The van der Waals surface area contributed by atoms with Crippen LogP contribution < -0.4 is 5.73 Å². The molecule has 0 amide bonds. The van der Waals surface area contributed by atoms with E-state index in [9.17, 15) is 13.2 Å². The molecule has 0 heterocycles. The number of hydrogen-bond donors (Lipinski definition) is 1. The molecular weight excluding hydrogens is 239 g/mol. The zero-order chi connectivity index (χ0) is 13.3. The Morgan fingerprint density at radius 2 is 1.83 bits per heavy atom. The summed E-state index contributed by atoms with van der Waals surface area (Å²) in [5, 5.41) is 0. The second-order valence-electron chi connectivity index (χ2n) is 5.28. The molecule has 1 aromatic carbocycles. The molecule has 1 aliphatic carbocycles. The topological polar surface area (TPSA) is 26.0 Å². The van der Waals surface area contributed by atoms with E-state index in [2.05, 4.69) is 0 Å². The van der Waals surface area contributed by atoms with Crippen molar-refractivity contribution in [2.75, 3.05) is 0 Å². The van der Waals surface area contributed by atoms with Gasteiger partial charge in [-0.3, -0.25) is 0 Å². The Morgan fingerprint density at radius 3 is 2.39 bits per heavy atom. The fraction of sp³-hybridized carbons (Fsp3) is 0.571. The van der Waals surface area contributed by atoms with E-state index in [1.165, 1.54) is 12.1 Å². The normalized spacial score (nSPS) is 21.8. The number of halogens is 3. The highest BCUT2D eigenvalue weighted by molar-refractivity contribution is 5.26. The Hall–Kier alpha value is -1.03. The van der Waals surface area contributed by atoms with Crippen LogP contribution in [-0.4, -0.2) is 5.92 Å². The lowest BCUT2D eigenvalue weighted by molar-refractivity contribution is -0.0483. The van der Waals surface area contributed by atoms with Crippen molar-refractivity contribution in [2.45, 2.75) is 44.6 Å². The Balaban J connectivity index is 2.09. The average Bonchev–Trinajstić information content (AvgIpc) is 2.27. The first-order chi connectivity index (χ1) is 8.37. The van der Waals surface area contributed by atoms with Gasteiger partial charge in [0.1, 0.15) is 5.82 Å². The van der Waals surface area contributed by atoms with E-state index >= 15 is 0 Å². The minimum atomic E-state index is -2.55. The summed E-state index contributed by atoms with van der Waals surface area (Å²) >= 11 is 0. The molecule has 2 rings (SSSR count). The fourth-order valence-electron chi connectivity index (χ4n) is 2.65. The number of nitrogens with two attached hydrogens (primary N) is 1. The molecule has 0 bridgehead atoms. The molecule has 1 nitrogen and oxygen atoms in total. The maximum absolute atomic E-state index is 13.3. The molecule has 1 aliphatic rings. The quantitative estimate of drug-likeness (QED) is 0.852. The van der Waals surface area contributed by atoms with E-state index in [4.69, 9.17) is 5.73 Å². The van der Waals surface area contributed by atoms with Gasteiger partial charge in [0, 0.05) is 18.9 Å². The van der Waals surface area contributed by atoms with Crippen LogP contribution in [-0.2, 0) is 0 Å². The molecule has 0 saturated heterocycles. The number of rotatable bonds is 2. The molecule has 1 aromatic rings. The van der Waals surface area contributed by atoms with Gasteiger partial charge in [-0.2, -0.15) is 0 Å². The standard InChI is InChI=1S/C14H18F3N/c1-9-6-11(8-12(15)7-9)13(18)10-2-4-14(16,17)5-3-10/h6-8,10,13H,2-5,18H2,1H3. The lowest BCUT2D eigenvalue weighted by Gasteiger charge is -2.32. The van der Waals surface area contributed by atoms with E-state index < -0.39 is 5.92 Å². The van der Waals surface area contributed by atoms with Crippen LogP contribution in [0.2, 0.25) is 0 Å². The number of benzene rings is 1. The van der Waals surface area contributed by atoms with Crippen LogP contribution in [0.4, 0.5) is 13.2 Å². The number of hydrogen-bond acceptors (Lipinski definition) is 1. The molecule has 18 heavy (non-hydrogen) atoms. The first-order valence-electron chi connectivity index (χ1n) is 6.28. The molecule has 1 unspecified atom stereocenters. The molecule has 1 atom stereocenters. The Bertz CT molecular complexity index is 401. The van der Waals surface area contributed by atoms with Crippen LogP contribution in [0.1, 0.15) is 42.9 Å². The van der Waals surface area contributed by atoms with Gasteiger partial charge in [0.2, 0.25) is 5.92 Å². The molecule has 0 aliphatic heterocycles. The summed E-state index contributed by atoms with van der Waals surface area (Å²) in [6, 6.07) is 4.33. The van der Waals surface area contributed by atoms with Gasteiger partial charge in [-0.15, -0.1) is 0 Å². The summed E-state index contributed by atoms with van der Waals surface area (Å²) in [5.41, 5.74) is 7.60. The molecule has 0 aromatic heterocycles. The number of aryl methyl sites for hydroxylation is 1. The largest absolute Gasteiger partial charge is 0.324 e. The van der Waals surface area contributed by atoms with Gasteiger partial charge in [0.05, 0.1) is 0 Å². The predicted octanol–water partition coefficient (Wildman–Crippen LogP) is 3.96. The van der Waals surface area contributed by atoms with E-state index in [0.29, 0.717) is 18.4 Å². The highest BCUT2D eigenvalue weighted by Gasteiger charge is 2.37. The van der Waals surface area contributed by atoms with Crippen molar-refractivity contribution in [3.8, 4) is 0 Å². The van der Waals surface area contributed by atoms with Crippen molar-refractivity contribution in [2.24, 2.45) is 11.7 Å². The molecule has 0 spiro atoms. The molecule has 2 N–H and O–H groups in total. The predicted molar refractivity (Wildman–Crippen MR) is 65.0 cm³/mol. The van der Waals surface area contributed by atoms with Crippen LogP contribution in [0.15, 0.2) is 18.2 Å². The zero-order valence-electron chi connectivity index (χ0n) is 10.4. The van der Waals surface area contributed by atoms with Crippen molar-refractivity contribution in [1.82, 2.24) is 0 Å². The van der Waals surface area contributed by atoms with Crippen LogP contribution in [0.25, 0.3) is 0 Å². The average molecular weight is 257 g/mol. The Kier molecular flexibility index (Phi) is 3.66. The first kappa shape index (κ1) is 13.4. The summed E-state index contributed by atoms with van der Waals surface area (Å²) in [5.74, 6) is -2.85. The van der Waals surface area contributed by atoms with Gasteiger partial charge in [-0.25, -0.2) is 13.2 Å². The highest BCUT2D eigenvalue weighted by atomic mass is 19.3. The van der Waals surface area contributed by atoms with E-state index in [0.717, 1.165) is 5.56 Å². The Labute approximate surface area is 105 Å². The van der Waals surface area contributed by atoms with Gasteiger partial charge >= 0.3 is 0 Å². The fourth-order valence-corrected chi connectivity index (χ4v) is 2.65. The second kappa shape index (κ2) is 4.92. The van der Waals surface area contributed by atoms with Gasteiger partial charge in [0.25, 0.3) is 0 Å². The van der Waals surface area contributed by atoms with Crippen molar-refractivity contribution < 1.29 is 13.2 Å². The van der Waals surface area contributed by atoms with Crippen LogP contribution in [0.3, 0.4) is 0 Å². The van der Waals surface area contributed by atoms with Crippen LogP contribution in [0.5, 0.6) is 0 Å². The lowest BCUT2D eigenvalue weighted by Crippen LogP contribution is -2.31. The maximum atomic E-state index is 13.3. The summed E-state index contributed by atoms with van der Waals surface area (Å²) in [6.45, 7) is 1.80. The molecular formula is C14H18F3N. The van der Waals surface area contributed by atoms with Gasteiger partial charge in [-0.05, 0) is 48.9 Å². The van der Waals surface area contributed by atoms with Crippen molar-refractivity contribution in [1.29, 1.82) is 0 Å². The smallest absolute Gasteiger partial charge is 0.248 e. The SMILES string of the molecule is Cc1cc(F)cc(C(N)C2CCC(F)(F)CC2)c1. The third-order valence-corrected chi connectivity index (χ3v) is 3.72. The first-order valence-corrected chi connectivity index (χ1v) is 6.28. The van der Waals surface area contributed by atoms with Crippen molar-refractivity contribution in [3.63, 3.8) is 0 Å². The Morgan fingerprint density at radius 1 is 1.22 bits per heavy atom. The third-order valence-electron chi connectivity index (χ3n) is 3.72. The highest BCUT2D eigenvalue weighted by Crippen LogP contribution is 2.40. The minimum absolute atomic E-state index is 0.0193. The third kappa shape index (κ3) is 3.05. The number of alkyl halides is 2. The van der Waals surface area contributed by atoms with E-state index in [1.807, 2.05) is 6.07 Å². The van der Waals surface area contributed by atoms with Crippen LogP contribution in [0, 0.1) is 18.7 Å². The lowest BCUT2D eigenvalue weighted by atomic mass is 9.80. The zero-order valence-corrected chi connectivity index (χ0v) is 10.4. The van der Waals surface area contributed by atoms with E-state index in [-0.39, 0.29) is 30.6 Å². The molecule has 1 fully saturated rings. The minimum Gasteiger partial charge on any atom is -0.324 e. The molecule has 1 saturated carbocycles. The summed E-state index contributed by atoms with van der Waals surface area (Å²) in [6.07, 6.45) is 0.590. The molecule has 100 valence electrons. The van der Waals surface area contributed by atoms with Crippen molar-refractivity contribution in [3.05, 3.63) is 35.1 Å². The van der Waals surface area contributed by atoms with E-state index in [1.54, 1.807) is 6.92 Å². The van der Waals surface area contributed by atoms with Crippen molar-refractivity contribution >= 4 is 0 Å². The van der Waals surface area contributed by atoms with Gasteiger partial charge in [0.15, 0.2) is 0 Å².